The van der Waals surface area contributed by atoms with Gasteiger partial charge in [0.25, 0.3) is 0 Å². The Bertz CT molecular complexity index is 961. The lowest BCUT2D eigenvalue weighted by molar-refractivity contribution is -0.140. The highest BCUT2D eigenvalue weighted by atomic mass is 16.3. The molecule has 3 heterocycles. The van der Waals surface area contributed by atoms with E-state index in [4.69, 9.17) is 10.2 Å². The molecule has 2 aliphatic rings. The number of aliphatic imine (C=N–C) groups is 1. The van der Waals surface area contributed by atoms with E-state index in [9.17, 15) is 9.59 Å². The number of carbonyl (C=O) groups excluding carboxylic acids is 2. The van der Waals surface area contributed by atoms with Crippen LogP contribution >= 0.6 is 0 Å². The predicted molar refractivity (Wildman–Crippen MR) is 116 cm³/mol. The van der Waals surface area contributed by atoms with Gasteiger partial charge in [-0.2, -0.15) is 0 Å². The molecular formula is C22H29N5O3. The zero-order chi connectivity index (χ0) is 21.1. The van der Waals surface area contributed by atoms with Gasteiger partial charge >= 0.3 is 0 Å². The van der Waals surface area contributed by atoms with Crippen molar-refractivity contribution in [3.63, 3.8) is 0 Å². The molecule has 2 aromatic rings. The van der Waals surface area contributed by atoms with Crippen LogP contribution in [-0.4, -0.2) is 59.8 Å². The van der Waals surface area contributed by atoms with Crippen molar-refractivity contribution in [1.82, 2.24) is 9.80 Å². The molecule has 160 valence electrons. The summed E-state index contributed by atoms with van der Waals surface area (Å²) in [6.07, 6.45) is 4.46. The number of nitrogens with two attached hydrogens (primary N) is 1. The number of rotatable bonds is 4. The Hall–Kier alpha value is -3.03. The summed E-state index contributed by atoms with van der Waals surface area (Å²) >= 11 is 0. The topological polar surface area (TPSA) is 104 Å². The first-order valence-electron chi connectivity index (χ1n) is 10.7. The highest BCUT2D eigenvalue weighted by molar-refractivity contribution is 5.97. The van der Waals surface area contributed by atoms with Crippen molar-refractivity contribution in [2.75, 3.05) is 31.5 Å². The molecule has 0 spiro atoms. The van der Waals surface area contributed by atoms with Crippen molar-refractivity contribution in [2.45, 2.75) is 45.1 Å². The van der Waals surface area contributed by atoms with Gasteiger partial charge in [0.05, 0.1) is 6.54 Å². The Morgan fingerprint density at radius 2 is 1.97 bits per heavy atom. The van der Waals surface area contributed by atoms with Crippen LogP contribution < -0.4 is 11.1 Å². The van der Waals surface area contributed by atoms with Gasteiger partial charge in [-0.3, -0.25) is 9.59 Å². The summed E-state index contributed by atoms with van der Waals surface area (Å²) in [4.78, 5) is 33.5. The highest BCUT2D eigenvalue weighted by Gasteiger charge is 2.30. The molecule has 2 saturated heterocycles. The molecule has 30 heavy (non-hydrogen) atoms. The normalized spacial score (nSPS) is 20.6. The molecule has 2 fully saturated rings. The quantitative estimate of drug-likeness (QED) is 0.594. The van der Waals surface area contributed by atoms with Gasteiger partial charge in [0.2, 0.25) is 11.8 Å². The molecule has 1 aromatic heterocycles. The first kappa shape index (κ1) is 20.3. The van der Waals surface area contributed by atoms with E-state index in [-0.39, 0.29) is 24.3 Å². The molecule has 0 saturated carbocycles. The Morgan fingerprint density at radius 3 is 2.77 bits per heavy atom. The summed E-state index contributed by atoms with van der Waals surface area (Å²) in [5, 5.41) is 4.05. The van der Waals surface area contributed by atoms with Gasteiger partial charge in [0, 0.05) is 30.7 Å². The molecule has 4 rings (SSSR count). The molecule has 0 unspecified atom stereocenters. The number of anilines is 1. The molecule has 0 bridgehead atoms. The van der Waals surface area contributed by atoms with Crippen LogP contribution in [0.5, 0.6) is 0 Å². The third-order valence-electron chi connectivity index (χ3n) is 5.74. The van der Waals surface area contributed by atoms with Crippen molar-refractivity contribution in [3.8, 4) is 0 Å². The number of likely N-dealkylation sites (tertiary alicyclic amines) is 2. The minimum Gasteiger partial charge on any atom is -0.461 e. The van der Waals surface area contributed by atoms with Crippen molar-refractivity contribution >= 4 is 34.4 Å². The number of hydrogen-bond donors (Lipinski definition) is 2. The minimum atomic E-state index is -0.564. The number of guanidine groups is 1. The third-order valence-corrected chi connectivity index (χ3v) is 5.74. The summed E-state index contributed by atoms with van der Waals surface area (Å²) in [5.41, 5.74) is 7.71. The largest absolute Gasteiger partial charge is 0.461 e. The van der Waals surface area contributed by atoms with Crippen LogP contribution in [0.25, 0.3) is 11.0 Å². The van der Waals surface area contributed by atoms with Crippen LogP contribution in [0.15, 0.2) is 33.7 Å². The summed E-state index contributed by atoms with van der Waals surface area (Å²) in [7, 11) is 0. The lowest BCUT2D eigenvalue weighted by atomic mass is 10.1. The lowest BCUT2D eigenvalue weighted by Crippen LogP contribution is -2.45. The molecule has 8 nitrogen and oxygen atoms in total. The van der Waals surface area contributed by atoms with E-state index in [0.717, 1.165) is 61.2 Å². The van der Waals surface area contributed by atoms with E-state index in [1.165, 1.54) is 0 Å². The summed E-state index contributed by atoms with van der Waals surface area (Å²) < 4.78 is 5.59. The smallest absolute Gasteiger partial charge is 0.247 e. The van der Waals surface area contributed by atoms with Crippen molar-refractivity contribution in [3.05, 3.63) is 30.0 Å². The standard InChI is InChI=1S/C22H29N5O3/c1-15-12-16-13-17(7-8-19(16)30-15)24-22(23)25-18-6-2-3-11-27(21(18)29)14-20(28)26-9-4-5-10-26/h7-8,12-13,18H,2-6,9-11,14H2,1H3,(H3,23,24,25)/t18-/m0/s1. The maximum Gasteiger partial charge on any atom is 0.247 e. The maximum absolute atomic E-state index is 13.0. The number of nitrogens with one attached hydrogen (secondary N) is 1. The SMILES string of the molecule is Cc1cc2cc(NC(N)=N[C@H]3CCCCN(CC(=O)N4CCCC4)C3=O)ccc2o1. The molecule has 2 amide bonds. The number of nitrogens with zero attached hydrogens (tertiary/aromatic N) is 3. The zero-order valence-electron chi connectivity index (χ0n) is 17.4. The molecular weight excluding hydrogens is 382 g/mol. The lowest BCUT2D eigenvalue weighted by Gasteiger charge is -2.25. The maximum atomic E-state index is 13.0. The fourth-order valence-corrected chi connectivity index (χ4v) is 4.19. The van der Waals surface area contributed by atoms with Crippen LogP contribution in [0.2, 0.25) is 0 Å². The summed E-state index contributed by atoms with van der Waals surface area (Å²) in [5.74, 6) is 0.947. The number of furan rings is 1. The number of benzene rings is 1. The van der Waals surface area contributed by atoms with Gasteiger partial charge in [-0.25, -0.2) is 4.99 Å². The van der Waals surface area contributed by atoms with Crippen LogP contribution in [-0.2, 0) is 9.59 Å². The molecule has 3 N–H and O–H groups in total. The molecule has 1 aromatic carbocycles. The van der Waals surface area contributed by atoms with Gasteiger partial charge < -0.3 is 25.3 Å². The molecule has 1 atom stereocenters. The van der Waals surface area contributed by atoms with E-state index >= 15 is 0 Å². The predicted octanol–water partition coefficient (Wildman–Crippen LogP) is 2.47. The number of carbonyl (C=O) groups is 2. The Morgan fingerprint density at radius 1 is 1.20 bits per heavy atom. The minimum absolute atomic E-state index is 0.0280. The molecule has 0 aliphatic carbocycles. The number of aryl methyl sites for hydroxylation is 1. The van der Waals surface area contributed by atoms with Crippen LogP contribution in [0.1, 0.15) is 37.9 Å². The fraction of sp³-hybridized carbons (Fsp3) is 0.500. The Labute approximate surface area is 176 Å². The fourth-order valence-electron chi connectivity index (χ4n) is 4.19. The summed E-state index contributed by atoms with van der Waals surface area (Å²) in [6.45, 7) is 4.21. The molecule has 8 heteroatoms. The van der Waals surface area contributed by atoms with E-state index in [0.29, 0.717) is 13.0 Å². The number of hydrogen-bond acceptors (Lipinski definition) is 4. The second kappa shape index (κ2) is 8.77. The van der Waals surface area contributed by atoms with Gasteiger partial charge in [-0.05, 0) is 63.3 Å². The van der Waals surface area contributed by atoms with Crippen LogP contribution in [0, 0.1) is 6.92 Å². The van der Waals surface area contributed by atoms with Crippen LogP contribution in [0.3, 0.4) is 0 Å². The van der Waals surface area contributed by atoms with Crippen LogP contribution in [0.4, 0.5) is 5.69 Å². The average Bonchev–Trinajstić information content (AvgIpc) is 3.34. The van der Waals surface area contributed by atoms with Crippen molar-refractivity contribution in [2.24, 2.45) is 10.7 Å². The zero-order valence-corrected chi connectivity index (χ0v) is 17.4. The number of amides is 2. The van der Waals surface area contributed by atoms with E-state index < -0.39 is 6.04 Å². The van der Waals surface area contributed by atoms with E-state index in [1.54, 1.807) is 4.90 Å². The van der Waals surface area contributed by atoms with Crippen molar-refractivity contribution in [1.29, 1.82) is 0 Å². The average molecular weight is 412 g/mol. The van der Waals surface area contributed by atoms with Gasteiger partial charge in [-0.15, -0.1) is 0 Å². The Balaban J connectivity index is 1.43. The first-order valence-corrected chi connectivity index (χ1v) is 10.7. The summed E-state index contributed by atoms with van der Waals surface area (Å²) in [6, 6.07) is 7.07. The third kappa shape index (κ3) is 4.58. The Kier molecular flexibility index (Phi) is 5.92. The van der Waals surface area contributed by atoms with Gasteiger partial charge in [0.1, 0.15) is 17.4 Å². The van der Waals surface area contributed by atoms with Gasteiger partial charge in [-0.1, -0.05) is 0 Å². The van der Waals surface area contributed by atoms with Crippen molar-refractivity contribution < 1.29 is 14.0 Å². The highest BCUT2D eigenvalue weighted by Crippen LogP contribution is 2.23. The second-order valence-electron chi connectivity index (χ2n) is 8.11. The molecule has 2 aliphatic heterocycles. The van der Waals surface area contributed by atoms with E-state index in [2.05, 4.69) is 10.3 Å². The van der Waals surface area contributed by atoms with E-state index in [1.807, 2.05) is 36.1 Å². The monoisotopic (exact) mass is 411 g/mol. The second-order valence-corrected chi connectivity index (χ2v) is 8.11. The first-order chi connectivity index (χ1) is 14.5. The molecule has 0 radical (unpaired) electrons. The van der Waals surface area contributed by atoms with Gasteiger partial charge in [0.15, 0.2) is 5.96 Å². The number of fused-ring (bicyclic) bond motifs is 1.